The fraction of sp³-hybridized carbons (Fsp3) is 0.348. The molecule has 4 rings (SSSR count). The molecule has 0 radical (unpaired) electrons. The smallest absolute Gasteiger partial charge is 0.291 e. The number of rotatable bonds is 5. The van der Waals surface area contributed by atoms with Gasteiger partial charge in [-0.2, -0.15) is 0 Å². The molecular weight excluding hydrogens is 368 g/mol. The van der Waals surface area contributed by atoms with E-state index in [0.29, 0.717) is 5.76 Å². The zero-order valence-corrected chi connectivity index (χ0v) is 17.5. The molecule has 0 spiro atoms. The van der Waals surface area contributed by atoms with Crippen LogP contribution >= 0.6 is 11.3 Å². The van der Waals surface area contributed by atoms with Gasteiger partial charge >= 0.3 is 0 Å². The van der Waals surface area contributed by atoms with E-state index >= 15 is 0 Å². The van der Waals surface area contributed by atoms with Crippen molar-refractivity contribution in [1.82, 2.24) is 0 Å². The van der Waals surface area contributed by atoms with Crippen LogP contribution in [0.25, 0.3) is 0 Å². The molecule has 0 aliphatic carbocycles. The van der Waals surface area contributed by atoms with Crippen LogP contribution in [-0.2, 0) is 0 Å². The van der Waals surface area contributed by atoms with Gasteiger partial charge in [0.1, 0.15) is 11.0 Å². The zero-order chi connectivity index (χ0) is 19.7. The molecule has 1 atom stereocenters. The summed E-state index contributed by atoms with van der Waals surface area (Å²) in [6.07, 6.45) is 4.05. The summed E-state index contributed by atoms with van der Waals surface area (Å²) in [4.78, 5) is 15.5. The monoisotopic (exact) mass is 395 g/mol. The summed E-state index contributed by atoms with van der Waals surface area (Å²) in [6, 6.07) is 12.5. The van der Waals surface area contributed by atoms with E-state index in [9.17, 15) is 4.79 Å². The quantitative estimate of drug-likeness (QED) is 0.677. The number of amides is 1. The first-order chi connectivity index (χ1) is 13.5. The number of anilines is 1. The van der Waals surface area contributed by atoms with Crippen molar-refractivity contribution < 1.29 is 14.1 Å². The van der Waals surface area contributed by atoms with E-state index in [1.807, 2.05) is 0 Å². The van der Waals surface area contributed by atoms with Gasteiger partial charge in [-0.25, -0.2) is 0 Å². The Hall–Kier alpha value is -2.37. The molecule has 146 valence electrons. The van der Waals surface area contributed by atoms with Crippen molar-refractivity contribution in [2.24, 2.45) is 0 Å². The Morgan fingerprint density at radius 1 is 1.11 bits per heavy atom. The average Bonchev–Trinajstić information content (AvgIpc) is 3.43. The number of nitrogens with one attached hydrogen (secondary N) is 2. The van der Waals surface area contributed by atoms with Gasteiger partial charge in [-0.05, 0) is 38.5 Å². The van der Waals surface area contributed by atoms with Crippen LogP contribution in [0, 0.1) is 20.8 Å². The minimum Gasteiger partial charge on any atom is -0.459 e. The standard InChI is InChI=1S/C23H26N2O2S/c1-15-8-10-18(11-9-15)21(25-12-4-5-13-25)20-16(2)17(3)28-23(20)24-22(26)19-7-6-14-27-19/h6-11,14,21H,4-5,12-13H2,1-3H3,(H,24,26)/p+1/t21-/m0/s1. The number of quaternary nitrogens is 1. The van der Waals surface area contributed by atoms with Crippen LogP contribution in [0.2, 0.25) is 0 Å². The van der Waals surface area contributed by atoms with Gasteiger partial charge in [0.15, 0.2) is 5.76 Å². The Morgan fingerprint density at radius 2 is 1.82 bits per heavy atom. The highest BCUT2D eigenvalue weighted by atomic mass is 32.1. The van der Waals surface area contributed by atoms with Crippen molar-refractivity contribution in [3.8, 4) is 0 Å². The van der Waals surface area contributed by atoms with Crippen molar-refractivity contribution in [1.29, 1.82) is 0 Å². The van der Waals surface area contributed by atoms with Crippen molar-refractivity contribution in [3.63, 3.8) is 0 Å². The van der Waals surface area contributed by atoms with Gasteiger partial charge in [0, 0.05) is 23.3 Å². The molecule has 1 saturated heterocycles. The normalized spacial score (nSPS) is 15.7. The zero-order valence-electron chi connectivity index (χ0n) is 16.7. The third kappa shape index (κ3) is 3.64. The third-order valence-electron chi connectivity index (χ3n) is 5.76. The highest BCUT2D eigenvalue weighted by Crippen LogP contribution is 2.38. The van der Waals surface area contributed by atoms with Crippen molar-refractivity contribution >= 4 is 22.2 Å². The SMILES string of the molecule is Cc1ccc([C@@H](c2c(NC(=O)c3ccco3)sc(C)c2C)[NH+]2CCCC2)cc1. The van der Waals surface area contributed by atoms with Gasteiger partial charge in [-0.3, -0.25) is 4.79 Å². The maximum atomic E-state index is 12.7. The number of likely N-dealkylation sites (tertiary alicyclic amines) is 1. The molecule has 0 unspecified atom stereocenters. The number of furan rings is 1. The summed E-state index contributed by atoms with van der Waals surface area (Å²) in [5.41, 5.74) is 5.12. The van der Waals surface area contributed by atoms with Crippen LogP contribution in [0.4, 0.5) is 5.00 Å². The first kappa shape index (κ1) is 19.0. The molecule has 1 amide bonds. The number of hydrogen-bond acceptors (Lipinski definition) is 3. The lowest BCUT2D eigenvalue weighted by Crippen LogP contribution is -3.10. The van der Waals surface area contributed by atoms with Gasteiger partial charge in [-0.1, -0.05) is 29.8 Å². The maximum absolute atomic E-state index is 12.7. The molecular formula is C23H27N2O2S+. The van der Waals surface area contributed by atoms with Crippen LogP contribution in [-0.4, -0.2) is 19.0 Å². The minimum atomic E-state index is -0.188. The van der Waals surface area contributed by atoms with Crippen LogP contribution in [0.5, 0.6) is 0 Å². The lowest BCUT2D eigenvalue weighted by molar-refractivity contribution is -0.913. The molecule has 3 heterocycles. The lowest BCUT2D eigenvalue weighted by atomic mass is 9.94. The number of carbonyl (C=O) groups excluding carboxylic acids is 1. The average molecular weight is 396 g/mol. The lowest BCUT2D eigenvalue weighted by Gasteiger charge is -2.26. The molecule has 0 bridgehead atoms. The van der Waals surface area contributed by atoms with Crippen molar-refractivity contribution in [3.05, 3.63) is 75.6 Å². The minimum absolute atomic E-state index is 0.188. The van der Waals surface area contributed by atoms with E-state index in [1.165, 1.54) is 59.3 Å². The maximum Gasteiger partial charge on any atom is 0.291 e. The molecule has 2 N–H and O–H groups in total. The summed E-state index contributed by atoms with van der Waals surface area (Å²) in [5.74, 6) is 0.154. The molecule has 1 aliphatic rings. The van der Waals surface area contributed by atoms with E-state index in [-0.39, 0.29) is 11.9 Å². The Labute approximate surface area is 170 Å². The topological polar surface area (TPSA) is 46.7 Å². The molecule has 3 aromatic rings. The van der Waals surface area contributed by atoms with E-state index < -0.39 is 0 Å². The number of benzene rings is 1. The number of hydrogen-bond donors (Lipinski definition) is 2. The summed E-state index contributed by atoms with van der Waals surface area (Å²) in [6.45, 7) is 8.77. The van der Waals surface area contributed by atoms with E-state index in [1.54, 1.807) is 28.4 Å². The highest BCUT2D eigenvalue weighted by Gasteiger charge is 2.34. The second-order valence-corrected chi connectivity index (χ2v) is 8.89. The van der Waals surface area contributed by atoms with Crippen LogP contribution in [0.3, 0.4) is 0 Å². The van der Waals surface area contributed by atoms with Gasteiger partial charge < -0.3 is 14.6 Å². The second-order valence-electron chi connectivity index (χ2n) is 7.67. The predicted molar refractivity (Wildman–Crippen MR) is 113 cm³/mol. The molecule has 4 nitrogen and oxygen atoms in total. The largest absolute Gasteiger partial charge is 0.459 e. The van der Waals surface area contributed by atoms with Crippen LogP contribution in [0.15, 0.2) is 47.1 Å². The van der Waals surface area contributed by atoms with Crippen molar-refractivity contribution in [2.75, 3.05) is 18.4 Å². The Kier molecular flexibility index (Phi) is 5.38. The first-order valence-corrected chi connectivity index (χ1v) is 10.7. The summed E-state index contributed by atoms with van der Waals surface area (Å²) in [5, 5.41) is 4.08. The Morgan fingerprint density at radius 3 is 2.46 bits per heavy atom. The molecule has 28 heavy (non-hydrogen) atoms. The number of aryl methyl sites for hydroxylation is 2. The van der Waals surface area contributed by atoms with Crippen molar-refractivity contribution in [2.45, 2.75) is 39.7 Å². The highest BCUT2D eigenvalue weighted by molar-refractivity contribution is 7.16. The number of thiophene rings is 1. The number of carbonyl (C=O) groups is 1. The van der Waals surface area contributed by atoms with Gasteiger partial charge in [0.05, 0.1) is 24.9 Å². The second kappa shape index (κ2) is 7.94. The van der Waals surface area contributed by atoms with E-state index in [4.69, 9.17) is 4.42 Å². The van der Waals surface area contributed by atoms with Gasteiger partial charge in [-0.15, -0.1) is 11.3 Å². The first-order valence-electron chi connectivity index (χ1n) is 9.90. The van der Waals surface area contributed by atoms with Crippen LogP contribution in [0.1, 0.15) is 56.6 Å². The molecule has 5 heteroatoms. The Balaban J connectivity index is 1.77. The molecule has 1 aliphatic heterocycles. The molecule has 1 aromatic carbocycles. The molecule has 1 fully saturated rings. The van der Waals surface area contributed by atoms with Gasteiger partial charge in [0.25, 0.3) is 5.91 Å². The summed E-state index contributed by atoms with van der Waals surface area (Å²) in [7, 11) is 0. The predicted octanol–water partition coefficient (Wildman–Crippen LogP) is 4.29. The van der Waals surface area contributed by atoms with Crippen LogP contribution < -0.4 is 10.2 Å². The van der Waals surface area contributed by atoms with Gasteiger partial charge in [0.2, 0.25) is 0 Å². The Bertz CT molecular complexity index is 951. The van der Waals surface area contributed by atoms with E-state index in [2.05, 4.69) is 50.4 Å². The summed E-state index contributed by atoms with van der Waals surface area (Å²) < 4.78 is 5.29. The van der Waals surface area contributed by atoms with E-state index in [0.717, 1.165) is 5.00 Å². The molecule has 0 saturated carbocycles. The molecule has 2 aromatic heterocycles. The fourth-order valence-corrected chi connectivity index (χ4v) is 5.23. The fourth-order valence-electron chi connectivity index (χ4n) is 4.14. The third-order valence-corrected chi connectivity index (χ3v) is 6.90. The summed E-state index contributed by atoms with van der Waals surface area (Å²) >= 11 is 1.66.